The molecule has 1 aromatic heterocycles. The molecule has 0 unspecified atom stereocenters. The molecule has 0 atom stereocenters. The van der Waals surface area contributed by atoms with Crippen LogP contribution in [0.2, 0.25) is 0 Å². The van der Waals surface area contributed by atoms with Gasteiger partial charge in [0.2, 0.25) is 5.76 Å². The zero-order valence-electron chi connectivity index (χ0n) is 10.7. The standard InChI is InChI=1S/C13H11NO7/c15-11(16)8-4-3-6(9(14-8)12(17)18)7-2-1-5-21-10(7)13(19)20/h3-4H,1-2,5H2,(H,15,16)(H,17,18)(H,19,20). The van der Waals surface area contributed by atoms with Gasteiger partial charge in [-0.2, -0.15) is 0 Å². The normalized spacial score (nSPS) is 14.5. The molecule has 2 heterocycles. The van der Waals surface area contributed by atoms with Crippen molar-refractivity contribution >= 4 is 23.5 Å². The van der Waals surface area contributed by atoms with Gasteiger partial charge in [-0.15, -0.1) is 0 Å². The summed E-state index contributed by atoms with van der Waals surface area (Å²) < 4.78 is 5.06. The molecule has 1 aromatic rings. The first-order valence-corrected chi connectivity index (χ1v) is 5.99. The average Bonchev–Trinajstić information content (AvgIpc) is 2.46. The Morgan fingerprint density at radius 2 is 1.76 bits per heavy atom. The van der Waals surface area contributed by atoms with E-state index in [0.29, 0.717) is 12.8 Å². The summed E-state index contributed by atoms with van der Waals surface area (Å²) in [5.74, 6) is -4.43. The van der Waals surface area contributed by atoms with E-state index in [0.717, 1.165) is 6.07 Å². The Bertz CT molecular complexity index is 662. The molecule has 1 aliphatic rings. The third kappa shape index (κ3) is 2.83. The van der Waals surface area contributed by atoms with Crippen LogP contribution < -0.4 is 0 Å². The lowest BCUT2D eigenvalue weighted by atomic mass is 9.96. The van der Waals surface area contributed by atoms with Gasteiger partial charge < -0.3 is 20.1 Å². The van der Waals surface area contributed by atoms with Crippen LogP contribution in [0.4, 0.5) is 0 Å². The zero-order valence-corrected chi connectivity index (χ0v) is 10.7. The molecule has 2 rings (SSSR count). The van der Waals surface area contributed by atoms with E-state index < -0.39 is 29.3 Å². The second-order valence-electron chi connectivity index (χ2n) is 4.27. The van der Waals surface area contributed by atoms with Gasteiger partial charge in [0.05, 0.1) is 6.61 Å². The third-order valence-electron chi connectivity index (χ3n) is 2.93. The van der Waals surface area contributed by atoms with E-state index in [2.05, 4.69) is 4.98 Å². The van der Waals surface area contributed by atoms with Gasteiger partial charge in [0, 0.05) is 11.1 Å². The highest BCUT2D eigenvalue weighted by atomic mass is 16.5. The first kappa shape index (κ1) is 14.5. The molecule has 21 heavy (non-hydrogen) atoms. The number of carboxylic acid groups (broad SMARTS) is 3. The number of rotatable bonds is 4. The van der Waals surface area contributed by atoms with Crippen LogP contribution in [0.3, 0.4) is 0 Å². The van der Waals surface area contributed by atoms with Crippen molar-refractivity contribution in [3.63, 3.8) is 0 Å². The molecule has 0 spiro atoms. The zero-order chi connectivity index (χ0) is 15.6. The highest BCUT2D eigenvalue weighted by Crippen LogP contribution is 2.30. The summed E-state index contributed by atoms with van der Waals surface area (Å²) in [7, 11) is 0. The molecule has 0 amide bonds. The van der Waals surface area contributed by atoms with Gasteiger partial charge >= 0.3 is 17.9 Å². The third-order valence-corrected chi connectivity index (χ3v) is 2.93. The predicted molar refractivity (Wildman–Crippen MR) is 67.9 cm³/mol. The number of allylic oxidation sites excluding steroid dienone is 1. The summed E-state index contributed by atoms with van der Waals surface area (Å²) in [5, 5.41) is 27.1. The van der Waals surface area contributed by atoms with Gasteiger partial charge in [-0.05, 0) is 25.0 Å². The van der Waals surface area contributed by atoms with Crippen LogP contribution in [-0.4, -0.2) is 44.8 Å². The van der Waals surface area contributed by atoms with E-state index in [4.69, 9.17) is 20.1 Å². The van der Waals surface area contributed by atoms with Crippen molar-refractivity contribution in [2.75, 3.05) is 6.61 Å². The number of carbonyl (C=O) groups is 3. The lowest BCUT2D eigenvalue weighted by Gasteiger charge is -2.19. The minimum Gasteiger partial charge on any atom is -0.486 e. The van der Waals surface area contributed by atoms with E-state index >= 15 is 0 Å². The fourth-order valence-electron chi connectivity index (χ4n) is 2.06. The number of pyridine rings is 1. The molecular weight excluding hydrogens is 282 g/mol. The highest BCUT2D eigenvalue weighted by molar-refractivity contribution is 6.00. The van der Waals surface area contributed by atoms with Crippen LogP contribution in [0.15, 0.2) is 17.9 Å². The SMILES string of the molecule is O=C(O)C1=C(c2ccc(C(=O)O)nc2C(=O)O)CCCO1. The van der Waals surface area contributed by atoms with Crippen molar-refractivity contribution in [2.45, 2.75) is 12.8 Å². The lowest BCUT2D eigenvalue weighted by molar-refractivity contribution is -0.136. The van der Waals surface area contributed by atoms with Crippen LogP contribution in [0.5, 0.6) is 0 Å². The Kier molecular flexibility index (Phi) is 3.88. The van der Waals surface area contributed by atoms with E-state index in [-0.39, 0.29) is 23.5 Å². The molecule has 0 bridgehead atoms. The van der Waals surface area contributed by atoms with Crippen molar-refractivity contribution in [1.29, 1.82) is 0 Å². The average molecular weight is 293 g/mol. The molecule has 110 valence electrons. The maximum absolute atomic E-state index is 11.2. The largest absolute Gasteiger partial charge is 0.486 e. The van der Waals surface area contributed by atoms with Gasteiger partial charge in [0.15, 0.2) is 5.69 Å². The van der Waals surface area contributed by atoms with Crippen molar-refractivity contribution in [3.05, 3.63) is 34.8 Å². The minimum absolute atomic E-state index is 0.0598. The number of hydrogen-bond donors (Lipinski definition) is 3. The first-order chi connectivity index (χ1) is 9.91. The topological polar surface area (TPSA) is 134 Å². The molecule has 0 radical (unpaired) electrons. The first-order valence-electron chi connectivity index (χ1n) is 5.99. The maximum Gasteiger partial charge on any atom is 0.371 e. The van der Waals surface area contributed by atoms with Crippen LogP contribution in [0.25, 0.3) is 5.57 Å². The van der Waals surface area contributed by atoms with Crippen molar-refractivity contribution < 1.29 is 34.4 Å². The van der Waals surface area contributed by atoms with Crippen molar-refractivity contribution in [3.8, 4) is 0 Å². The summed E-state index contributed by atoms with van der Waals surface area (Å²) in [6.45, 7) is 0.230. The smallest absolute Gasteiger partial charge is 0.371 e. The summed E-state index contributed by atoms with van der Waals surface area (Å²) in [6.07, 6.45) is 0.849. The fourth-order valence-corrected chi connectivity index (χ4v) is 2.06. The Labute approximate surface area is 118 Å². The van der Waals surface area contributed by atoms with Gasteiger partial charge in [-0.25, -0.2) is 19.4 Å². The van der Waals surface area contributed by atoms with E-state index in [9.17, 15) is 14.4 Å². The quantitative estimate of drug-likeness (QED) is 0.750. The molecule has 1 aliphatic heterocycles. The second kappa shape index (κ2) is 5.61. The molecule has 0 saturated carbocycles. The molecule has 0 aliphatic carbocycles. The van der Waals surface area contributed by atoms with Gasteiger partial charge in [-0.3, -0.25) is 0 Å². The molecule has 3 N–H and O–H groups in total. The fraction of sp³-hybridized carbons (Fsp3) is 0.231. The summed E-state index contributed by atoms with van der Waals surface area (Å²) in [5.41, 5.74) is -0.667. The number of aliphatic carboxylic acids is 1. The number of aromatic carboxylic acids is 2. The molecule has 8 heteroatoms. The number of carboxylic acids is 3. The van der Waals surface area contributed by atoms with E-state index in [1.165, 1.54) is 6.07 Å². The van der Waals surface area contributed by atoms with Crippen LogP contribution in [-0.2, 0) is 9.53 Å². The Morgan fingerprint density at radius 3 is 2.33 bits per heavy atom. The van der Waals surface area contributed by atoms with Crippen molar-refractivity contribution in [2.24, 2.45) is 0 Å². The minimum atomic E-state index is -1.43. The second-order valence-corrected chi connectivity index (χ2v) is 4.27. The summed E-state index contributed by atoms with van der Waals surface area (Å²) in [6, 6.07) is 2.37. The summed E-state index contributed by atoms with van der Waals surface area (Å²) >= 11 is 0. The Balaban J connectivity index is 2.64. The Hall–Kier alpha value is -2.90. The molecule has 8 nitrogen and oxygen atoms in total. The van der Waals surface area contributed by atoms with Gasteiger partial charge in [-0.1, -0.05) is 0 Å². The van der Waals surface area contributed by atoms with Crippen molar-refractivity contribution in [1.82, 2.24) is 4.98 Å². The van der Waals surface area contributed by atoms with E-state index in [1.54, 1.807) is 0 Å². The highest BCUT2D eigenvalue weighted by Gasteiger charge is 2.26. The number of nitrogens with zero attached hydrogens (tertiary/aromatic N) is 1. The van der Waals surface area contributed by atoms with Gasteiger partial charge in [0.25, 0.3) is 0 Å². The van der Waals surface area contributed by atoms with E-state index in [1.807, 2.05) is 0 Å². The van der Waals surface area contributed by atoms with Crippen LogP contribution in [0.1, 0.15) is 39.4 Å². The molecule has 0 aromatic carbocycles. The van der Waals surface area contributed by atoms with Crippen LogP contribution >= 0.6 is 0 Å². The monoisotopic (exact) mass is 293 g/mol. The maximum atomic E-state index is 11.2. The van der Waals surface area contributed by atoms with Gasteiger partial charge in [0.1, 0.15) is 5.69 Å². The lowest BCUT2D eigenvalue weighted by Crippen LogP contribution is -2.17. The Morgan fingerprint density at radius 1 is 1.05 bits per heavy atom. The molecule has 0 saturated heterocycles. The van der Waals surface area contributed by atoms with Crippen LogP contribution in [0, 0.1) is 0 Å². The number of ether oxygens (including phenoxy) is 1. The number of hydrogen-bond acceptors (Lipinski definition) is 5. The molecular formula is C13H11NO7. The number of aromatic nitrogens is 1. The summed E-state index contributed by atoms with van der Waals surface area (Å²) in [4.78, 5) is 36.8. The molecule has 0 fully saturated rings. The predicted octanol–water partition coefficient (Wildman–Crippen LogP) is 1.08.